The van der Waals surface area contributed by atoms with E-state index in [4.69, 9.17) is 9.47 Å². The molecule has 2 aromatic heterocycles. The van der Waals surface area contributed by atoms with Gasteiger partial charge in [-0.15, -0.1) is 0 Å². The smallest absolute Gasteiger partial charge is 0.338 e. The Hall–Kier alpha value is -4.30. The van der Waals surface area contributed by atoms with Gasteiger partial charge in [0.05, 0.1) is 29.4 Å². The molecule has 3 aromatic carbocycles. The predicted molar refractivity (Wildman–Crippen MR) is 163 cm³/mol. The number of unbranched alkanes of at least 4 members (excludes halogenated alkanes) is 1. The summed E-state index contributed by atoms with van der Waals surface area (Å²) in [6.07, 6.45) is 4.19. The van der Waals surface area contributed by atoms with Crippen LogP contribution in [0.2, 0.25) is 0 Å². The Labute approximate surface area is 244 Å². The lowest BCUT2D eigenvalue weighted by atomic mass is 9.95. The van der Waals surface area contributed by atoms with Gasteiger partial charge in [-0.2, -0.15) is 9.78 Å². The lowest BCUT2D eigenvalue weighted by molar-refractivity contribution is 0.0526. The number of methoxy groups -OCH3 is 1. The molecule has 0 amide bonds. The number of aromatic nitrogens is 3. The maximum absolute atomic E-state index is 14.0. The van der Waals surface area contributed by atoms with Crippen LogP contribution in [0, 0.1) is 11.2 Å². The number of carbonyl (C=O) groups is 2. The van der Waals surface area contributed by atoms with Gasteiger partial charge in [0, 0.05) is 46.8 Å². The maximum atomic E-state index is 14.0. The molecule has 2 heterocycles. The van der Waals surface area contributed by atoms with Gasteiger partial charge in [-0.1, -0.05) is 32.9 Å². The predicted octanol–water partition coefficient (Wildman–Crippen LogP) is 7.62. The van der Waals surface area contributed by atoms with Crippen LogP contribution in [0.5, 0.6) is 0 Å². The first-order valence-electron chi connectivity index (χ1n) is 14.3. The molecule has 0 aliphatic carbocycles. The summed E-state index contributed by atoms with van der Waals surface area (Å²) in [4.78, 5) is 25.7. The molecule has 8 heteroatoms. The Morgan fingerprint density at radius 2 is 1.67 bits per heavy atom. The van der Waals surface area contributed by atoms with Gasteiger partial charge in [0.1, 0.15) is 5.82 Å². The minimum absolute atomic E-state index is 0.102. The molecule has 0 N–H and O–H groups in total. The number of hydrogen-bond acceptors (Lipinski definition) is 5. The third kappa shape index (κ3) is 5.59. The van der Waals surface area contributed by atoms with Crippen molar-refractivity contribution in [3.05, 3.63) is 83.9 Å². The van der Waals surface area contributed by atoms with Crippen LogP contribution in [0.25, 0.3) is 38.6 Å². The van der Waals surface area contributed by atoms with E-state index in [2.05, 4.69) is 9.67 Å². The van der Waals surface area contributed by atoms with Crippen LogP contribution >= 0.6 is 0 Å². The third-order valence-electron chi connectivity index (χ3n) is 7.37. The van der Waals surface area contributed by atoms with E-state index in [9.17, 15) is 14.0 Å². The minimum atomic E-state index is -0.619. The van der Waals surface area contributed by atoms with Crippen molar-refractivity contribution >= 4 is 33.7 Å². The van der Waals surface area contributed by atoms with Crippen molar-refractivity contribution in [2.45, 2.75) is 47.0 Å². The van der Waals surface area contributed by atoms with E-state index in [1.54, 1.807) is 44.5 Å². The van der Waals surface area contributed by atoms with Crippen molar-refractivity contribution in [2.75, 3.05) is 20.3 Å². The number of esters is 1. The fourth-order valence-electron chi connectivity index (χ4n) is 5.31. The molecule has 0 saturated carbocycles. The maximum Gasteiger partial charge on any atom is 0.338 e. The van der Waals surface area contributed by atoms with E-state index in [1.165, 1.54) is 16.8 Å². The number of ether oxygens (including phenoxy) is 2. The molecule has 0 atom stereocenters. The molecule has 5 rings (SSSR count). The second-order valence-corrected chi connectivity index (χ2v) is 11.4. The van der Waals surface area contributed by atoms with Crippen molar-refractivity contribution in [3.8, 4) is 16.8 Å². The summed E-state index contributed by atoms with van der Waals surface area (Å²) >= 11 is 0. The van der Waals surface area contributed by atoms with Gasteiger partial charge in [0.2, 0.25) is 0 Å². The Morgan fingerprint density at radius 3 is 2.31 bits per heavy atom. The van der Waals surface area contributed by atoms with Crippen LogP contribution in [0.3, 0.4) is 0 Å². The molecule has 0 saturated heterocycles. The normalized spacial score (nSPS) is 11.9. The quantitative estimate of drug-likeness (QED) is 0.135. The molecule has 5 aromatic rings. The number of carbonyl (C=O) groups excluding carboxylic acids is 2. The summed E-state index contributed by atoms with van der Waals surface area (Å²) in [6, 6.07) is 17.9. The van der Waals surface area contributed by atoms with Gasteiger partial charge >= 0.3 is 5.97 Å². The van der Waals surface area contributed by atoms with E-state index < -0.39 is 5.41 Å². The molecule has 0 radical (unpaired) electrons. The largest absolute Gasteiger partial charge is 0.462 e. The van der Waals surface area contributed by atoms with Gasteiger partial charge in [-0.3, -0.25) is 4.79 Å². The highest BCUT2D eigenvalue weighted by molar-refractivity contribution is 6.07. The molecule has 7 nitrogen and oxygen atoms in total. The van der Waals surface area contributed by atoms with Crippen molar-refractivity contribution in [2.24, 2.45) is 5.41 Å². The van der Waals surface area contributed by atoms with Gasteiger partial charge in [0.15, 0.2) is 0 Å². The van der Waals surface area contributed by atoms with E-state index >= 15 is 0 Å². The van der Waals surface area contributed by atoms with Crippen LogP contribution in [0.15, 0.2) is 66.9 Å². The molecule has 0 aliphatic heterocycles. The number of hydrogen-bond donors (Lipinski definition) is 0. The first-order valence-corrected chi connectivity index (χ1v) is 14.3. The lowest BCUT2D eigenvalue weighted by Crippen LogP contribution is -2.27. The van der Waals surface area contributed by atoms with Gasteiger partial charge < -0.3 is 14.0 Å². The van der Waals surface area contributed by atoms with Gasteiger partial charge in [-0.05, 0) is 80.3 Å². The highest BCUT2D eigenvalue weighted by Crippen LogP contribution is 2.40. The van der Waals surface area contributed by atoms with Crippen LogP contribution in [0.1, 0.15) is 61.4 Å². The van der Waals surface area contributed by atoms with E-state index in [1.807, 2.05) is 45.0 Å². The van der Waals surface area contributed by atoms with Crippen LogP contribution in [0.4, 0.5) is 4.39 Å². The second-order valence-electron chi connectivity index (χ2n) is 11.4. The zero-order valence-electron chi connectivity index (χ0n) is 24.7. The summed E-state index contributed by atoms with van der Waals surface area (Å²) < 4.78 is 28.2. The molecule has 0 fully saturated rings. The summed E-state index contributed by atoms with van der Waals surface area (Å²) in [7, 11) is 1.69. The number of halogens is 1. The minimum Gasteiger partial charge on any atom is -0.462 e. The average Bonchev–Trinajstić information content (AvgIpc) is 3.52. The lowest BCUT2D eigenvalue weighted by Gasteiger charge is -2.16. The SMILES string of the molecule is CCOC(=O)c1ccc(-c2c(CCCCOC)n(-c3ccc(F)cc3)c3cc4cnn(C(=O)C(C)(C)C)c4cc23)cc1. The molecule has 0 bridgehead atoms. The number of benzene rings is 3. The molecule has 0 aliphatic rings. The Morgan fingerprint density at radius 1 is 0.952 bits per heavy atom. The van der Waals surface area contributed by atoms with Crippen molar-refractivity contribution in [1.29, 1.82) is 0 Å². The molecule has 218 valence electrons. The average molecular weight is 570 g/mol. The molecular weight excluding hydrogens is 533 g/mol. The fourth-order valence-corrected chi connectivity index (χ4v) is 5.31. The van der Waals surface area contributed by atoms with Crippen molar-refractivity contribution in [1.82, 2.24) is 14.3 Å². The fraction of sp³-hybridized carbons (Fsp3) is 0.324. The molecule has 0 spiro atoms. The van der Waals surface area contributed by atoms with Crippen LogP contribution in [-0.4, -0.2) is 46.5 Å². The summed E-state index contributed by atoms with van der Waals surface area (Å²) in [5.41, 5.74) is 5.27. The van der Waals surface area contributed by atoms with Gasteiger partial charge in [0.25, 0.3) is 5.91 Å². The highest BCUT2D eigenvalue weighted by atomic mass is 19.1. The number of rotatable bonds is 9. The van der Waals surface area contributed by atoms with Gasteiger partial charge in [-0.25, -0.2) is 9.18 Å². The summed E-state index contributed by atoms with van der Waals surface area (Å²) in [5.74, 6) is -0.783. The molecule has 0 unspecified atom stereocenters. The van der Waals surface area contributed by atoms with Crippen LogP contribution < -0.4 is 0 Å². The monoisotopic (exact) mass is 569 g/mol. The number of fused-ring (bicyclic) bond motifs is 2. The summed E-state index contributed by atoms with van der Waals surface area (Å²) in [5, 5.41) is 6.23. The van der Waals surface area contributed by atoms with Crippen LogP contribution in [-0.2, 0) is 15.9 Å². The highest BCUT2D eigenvalue weighted by Gasteiger charge is 2.27. The Balaban J connectivity index is 1.80. The van der Waals surface area contributed by atoms with Crippen molar-refractivity contribution < 1.29 is 23.5 Å². The standard InChI is InChI=1S/C34H36FN3O4/c1-6-42-32(39)23-12-10-22(11-13-23)31-27-20-29-24(21-36-38(29)33(40)34(2,3)4)19-30(27)37(26-16-14-25(35)15-17-26)28(31)9-7-8-18-41-5/h10-17,19-21H,6-9,18H2,1-5H3. The third-order valence-corrected chi connectivity index (χ3v) is 7.37. The van der Waals surface area contributed by atoms with Crippen molar-refractivity contribution in [3.63, 3.8) is 0 Å². The topological polar surface area (TPSA) is 75.3 Å². The second kappa shape index (κ2) is 11.9. The Bertz CT molecular complexity index is 1740. The first kappa shape index (κ1) is 29.2. The Kier molecular flexibility index (Phi) is 8.27. The van der Waals surface area contributed by atoms with E-state index in [-0.39, 0.29) is 17.7 Å². The summed E-state index contributed by atoms with van der Waals surface area (Å²) in [6.45, 7) is 8.36. The number of nitrogens with zero attached hydrogens (tertiary/aromatic N) is 3. The van der Waals surface area contributed by atoms with E-state index in [0.717, 1.165) is 58.1 Å². The zero-order chi connectivity index (χ0) is 30.0. The molecular formula is C34H36FN3O4. The zero-order valence-corrected chi connectivity index (χ0v) is 24.7. The first-order chi connectivity index (χ1) is 20.1. The molecule has 42 heavy (non-hydrogen) atoms. The van der Waals surface area contributed by atoms with E-state index in [0.29, 0.717) is 24.3 Å².